The third kappa shape index (κ3) is 2.24. The van der Waals surface area contributed by atoms with Crippen molar-refractivity contribution in [1.82, 2.24) is 4.57 Å². The van der Waals surface area contributed by atoms with Gasteiger partial charge in [0.1, 0.15) is 0 Å². The first-order valence-electron chi connectivity index (χ1n) is 6.42. The number of carboxylic acids is 1. The molecule has 0 amide bonds. The number of nitrogens with zero attached hydrogens (tertiary/aromatic N) is 1. The Morgan fingerprint density at radius 1 is 1.24 bits per heavy atom. The summed E-state index contributed by atoms with van der Waals surface area (Å²) in [5.74, 6) is -0.681. The van der Waals surface area contributed by atoms with Crippen molar-refractivity contribution in [3.8, 4) is 0 Å². The molecule has 1 aliphatic carbocycles. The molecule has 0 bridgehead atoms. The molecule has 0 spiro atoms. The number of carboxylic acid groups (broad SMARTS) is 1. The molecular weight excluding hydrogens is 214 g/mol. The second kappa shape index (κ2) is 4.55. The van der Waals surface area contributed by atoms with Crippen molar-refractivity contribution in [3.05, 3.63) is 23.5 Å². The quantitative estimate of drug-likeness (QED) is 0.874. The van der Waals surface area contributed by atoms with Crippen molar-refractivity contribution in [2.24, 2.45) is 0 Å². The van der Waals surface area contributed by atoms with E-state index >= 15 is 0 Å². The van der Waals surface area contributed by atoms with Crippen LogP contribution in [0.25, 0.3) is 0 Å². The van der Waals surface area contributed by atoms with Crippen molar-refractivity contribution in [1.29, 1.82) is 0 Å². The molecule has 1 aromatic rings. The van der Waals surface area contributed by atoms with E-state index in [9.17, 15) is 9.90 Å². The maximum atomic E-state index is 11.2. The minimum absolute atomic E-state index is 0.179. The lowest BCUT2D eigenvalue weighted by Crippen LogP contribution is -2.39. The average Bonchev–Trinajstić information content (AvgIpc) is 2.59. The highest BCUT2D eigenvalue weighted by Crippen LogP contribution is 2.39. The molecule has 94 valence electrons. The summed E-state index contributed by atoms with van der Waals surface area (Å²) in [7, 11) is 0. The molecule has 0 atom stereocenters. The predicted molar refractivity (Wildman–Crippen MR) is 67.2 cm³/mol. The number of aryl methyl sites for hydroxylation is 2. The van der Waals surface area contributed by atoms with E-state index in [0.717, 1.165) is 25.7 Å². The molecule has 1 N–H and O–H groups in total. The van der Waals surface area contributed by atoms with E-state index in [1.807, 2.05) is 0 Å². The van der Waals surface area contributed by atoms with Gasteiger partial charge in [-0.05, 0) is 38.8 Å². The smallest absolute Gasteiger partial charge is 0.305 e. The van der Waals surface area contributed by atoms with Gasteiger partial charge < -0.3 is 9.67 Å². The Kier molecular flexibility index (Phi) is 3.27. The van der Waals surface area contributed by atoms with Crippen LogP contribution in [0.5, 0.6) is 0 Å². The molecule has 3 heteroatoms. The Hall–Kier alpha value is -1.25. The minimum atomic E-state index is -0.681. The Morgan fingerprint density at radius 3 is 2.24 bits per heavy atom. The third-order valence-electron chi connectivity index (χ3n) is 4.01. The highest BCUT2D eigenvalue weighted by atomic mass is 16.4. The van der Waals surface area contributed by atoms with Crippen molar-refractivity contribution in [3.63, 3.8) is 0 Å². The first-order chi connectivity index (χ1) is 8.05. The summed E-state index contributed by atoms with van der Waals surface area (Å²) in [6.45, 7) is 4.15. The molecule has 1 saturated carbocycles. The second-order valence-corrected chi connectivity index (χ2v) is 5.31. The summed E-state index contributed by atoms with van der Waals surface area (Å²) in [5.41, 5.74) is 2.19. The van der Waals surface area contributed by atoms with Gasteiger partial charge in [-0.1, -0.05) is 19.3 Å². The molecule has 3 nitrogen and oxygen atoms in total. The van der Waals surface area contributed by atoms with Crippen molar-refractivity contribution >= 4 is 5.97 Å². The largest absolute Gasteiger partial charge is 0.481 e. The standard InChI is InChI=1S/C14H21NO2/c1-11-6-7-12(2)15(11)14(10-13(16)17)8-4-3-5-9-14/h6-7H,3-5,8-10H2,1-2H3,(H,16,17). The van der Waals surface area contributed by atoms with Gasteiger partial charge in [-0.2, -0.15) is 0 Å². The van der Waals surface area contributed by atoms with Gasteiger partial charge in [0.2, 0.25) is 0 Å². The first-order valence-corrected chi connectivity index (χ1v) is 6.42. The van der Waals surface area contributed by atoms with Gasteiger partial charge in [0.15, 0.2) is 0 Å². The molecule has 17 heavy (non-hydrogen) atoms. The van der Waals surface area contributed by atoms with Crippen LogP contribution in [-0.2, 0) is 10.3 Å². The van der Waals surface area contributed by atoms with Gasteiger partial charge in [-0.3, -0.25) is 4.79 Å². The van der Waals surface area contributed by atoms with Crippen LogP contribution in [0.4, 0.5) is 0 Å². The van der Waals surface area contributed by atoms with E-state index in [1.165, 1.54) is 17.8 Å². The zero-order chi connectivity index (χ0) is 12.5. The van der Waals surface area contributed by atoms with Gasteiger partial charge in [-0.15, -0.1) is 0 Å². The van der Waals surface area contributed by atoms with Gasteiger partial charge >= 0.3 is 5.97 Å². The molecule has 1 aromatic heterocycles. The minimum Gasteiger partial charge on any atom is -0.481 e. The Balaban J connectivity index is 2.42. The monoisotopic (exact) mass is 235 g/mol. The highest BCUT2D eigenvalue weighted by molar-refractivity contribution is 5.68. The normalized spacial score (nSPS) is 19.2. The molecule has 0 radical (unpaired) electrons. The summed E-state index contributed by atoms with van der Waals surface area (Å²) < 4.78 is 2.26. The van der Waals surface area contributed by atoms with Crippen molar-refractivity contribution in [2.45, 2.75) is 57.9 Å². The molecule has 2 rings (SSSR count). The number of aromatic nitrogens is 1. The number of aliphatic carboxylic acids is 1. The van der Waals surface area contributed by atoms with E-state index < -0.39 is 5.97 Å². The maximum absolute atomic E-state index is 11.2. The van der Waals surface area contributed by atoms with Gasteiger partial charge in [0.05, 0.1) is 12.0 Å². The van der Waals surface area contributed by atoms with Crippen LogP contribution in [0.1, 0.15) is 49.9 Å². The zero-order valence-electron chi connectivity index (χ0n) is 10.7. The fraction of sp³-hybridized carbons (Fsp3) is 0.643. The fourth-order valence-corrected chi connectivity index (χ4v) is 3.39. The maximum Gasteiger partial charge on any atom is 0.305 e. The zero-order valence-corrected chi connectivity index (χ0v) is 10.7. The van der Waals surface area contributed by atoms with Crippen molar-refractivity contribution in [2.75, 3.05) is 0 Å². The summed E-state index contributed by atoms with van der Waals surface area (Å²) in [6.07, 6.45) is 5.77. The van der Waals surface area contributed by atoms with Crippen LogP contribution in [-0.4, -0.2) is 15.6 Å². The van der Waals surface area contributed by atoms with E-state index in [1.54, 1.807) is 0 Å². The average molecular weight is 235 g/mol. The predicted octanol–water partition coefficient (Wildman–Crippen LogP) is 3.24. The van der Waals surface area contributed by atoms with E-state index in [-0.39, 0.29) is 12.0 Å². The first kappa shape index (κ1) is 12.2. The molecule has 1 aliphatic rings. The van der Waals surface area contributed by atoms with Crippen LogP contribution in [0.3, 0.4) is 0 Å². The Labute approximate surface area is 102 Å². The topological polar surface area (TPSA) is 42.2 Å². The lowest BCUT2D eigenvalue weighted by Gasteiger charge is -2.40. The number of carbonyl (C=O) groups is 1. The summed E-state index contributed by atoms with van der Waals surface area (Å²) in [5, 5.41) is 9.20. The van der Waals surface area contributed by atoms with Crippen LogP contribution in [0.2, 0.25) is 0 Å². The molecule has 0 saturated heterocycles. The Bertz CT molecular complexity index is 394. The van der Waals surface area contributed by atoms with Crippen molar-refractivity contribution < 1.29 is 9.90 Å². The van der Waals surface area contributed by atoms with Gasteiger partial charge in [-0.25, -0.2) is 0 Å². The molecule has 0 aromatic carbocycles. The van der Waals surface area contributed by atoms with Crippen LogP contribution < -0.4 is 0 Å². The van der Waals surface area contributed by atoms with Crippen LogP contribution >= 0.6 is 0 Å². The van der Waals surface area contributed by atoms with E-state index in [2.05, 4.69) is 30.5 Å². The third-order valence-corrected chi connectivity index (χ3v) is 4.01. The van der Waals surface area contributed by atoms with Crippen LogP contribution in [0.15, 0.2) is 12.1 Å². The fourth-order valence-electron chi connectivity index (χ4n) is 3.39. The van der Waals surface area contributed by atoms with E-state index in [0.29, 0.717) is 0 Å². The lowest BCUT2D eigenvalue weighted by molar-refractivity contribution is -0.140. The Morgan fingerprint density at radius 2 is 1.76 bits per heavy atom. The number of hydrogen-bond acceptors (Lipinski definition) is 1. The van der Waals surface area contributed by atoms with Gasteiger partial charge in [0.25, 0.3) is 0 Å². The van der Waals surface area contributed by atoms with Crippen LogP contribution in [0, 0.1) is 13.8 Å². The molecule has 1 fully saturated rings. The highest BCUT2D eigenvalue weighted by Gasteiger charge is 2.37. The molecule has 0 unspecified atom stereocenters. The number of hydrogen-bond donors (Lipinski definition) is 1. The summed E-state index contributed by atoms with van der Waals surface area (Å²) >= 11 is 0. The van der Waals surface area contributed by atoms with E-state index in [4.69, 9.17) is 0 Å². The molecule has 0 aliphatic heterocycles. The molecule has 1 heterocycles. The lowest BCUT2D eigenvalue weighted by atomic mass is 9.78. The second-order valence-electron chi connectivity index (χ2n) is 5.31. The number of rotatable bonds is 3. The summed E-state index contributed by atoms with van der Waals surface area (Å²) in [6, 6.07) is 4.18. The summed E-state index contributed by atoms with van der Waals surface area (Å²) in [4.78, 5) is 11.2. The molecular formula is C14H21NO2. The van der Waals surface area contributed by atoms with Gasteiger partial charge in [0, 0.05) is 11.4 Å². The SMILES string of the molecule is Cc1ccc(C)n1C1(CC(=O)O)CCCCC1.